The fourth-order valence-electron chi connectivity index (χ4n) is 1.75. The number of sulfone groups is 1. The van der Waals surface area contributed by atoms with Gasteiger partial charge in [0.2, 0.25) is 0 Å². The van der Waals surface area contributed by atoms with Gasteiger partial charge < -0.3 is 10.1 Å². The van der Waals surface area contributed by atoms with Gasteiger partial charge in [0, 0.05) is 19.8 Å². The van der Waals surface area contributed by atoms with Gasteiger partial charge in [-0.05, 0) is 38.9 Å². The van der Waals surface area contributed by atoms with Gasteiger partial charge in [-0.2, -0.15) is 0 Å². The van der Waals surface area contributed by atoms with Crippen LogP contribution in [0.3, 0.4) is 0 Å². The van der Waals surface area contributed by atoms with Gasteiger partial charge in [0.25, 0.3) is 0 Å². The highest BCUT2D eigenvalue weighted by atomic mass is 35.5. The minimum Gasteiger partial charge on any atom is -0.382 e. The minimum absolute atomic E-state index is 0.199. The summed E-state index contributed by atoms with van der Waals surface area (Å²) in [7, 11) is -3.39. The van der Waals surface area contributed by atoms with Crippen molar-refractivity contribution >= 4 is 21.4 Å². The zero-order chi connectivity index (χ0) is 15.0. The molecule has 114 valence electrons. The fraction of sp³-hybridized carbons (Fsp3) is 0.571. The molecule has 1 aromatic rings. The van der Waals surface area contributed by atoms with E-state index in [0.717, 1.165) is 13.0 Å². The van der Waals surface area contributed by atoms with E-state index in [0.29, 0.717) is 19.8 Å². The lowest BCUT2D eigenvalue weighted by atomic mass is 10.4. The van der Waals surface area contributed by atoms with Crippen molar-refractivity contribution in [2.75, 3.05) is 26.3 Å². The predicted octanol–water partition coefficient (Wildman–Crippen LogP) is 2.52. The molecule has 0 amide bonds. The van der Waals surface area contributed by atoms with Crippen LogP contribution in [0, 0.1) is 0 Å². The van der Waals surface area contributed by atoms with E-state index in [2.05, 4.69) is 5.32 Å². The number of hydrogen-bond acceptors (Lipinski definition) is 4. The van der Waals surface area contributed by atoms with Crippen molar-refractivity contribution < 1.29 is 13.2 Å². The average molecular weight is 320 g/mol. The zero-order valence-corrected chi connectivity index (χ0v) is 13.5. The highest BCUT2D eigenvalue weighted by Gasteiger charge is 2.24. The third kappa shape index (κ3) is 5.05. The summed E-state index contributed by atoms with van der Waals surface area (Å²) in [6.45, 7) is 6.17. The Balaban J connectivity index is 2.50. The smallest absolute Gasteiger partial charge is 0.183 e. The molecule has 1 aromatic carbocycles. The summed E-state index contributed by atoms with van der Waals surface area (Å²) >= 11 is 5.96. The Labute approximate surface area is 126 Å². The van der Waals surface area contributed by atoms with E-state index in [4.69, 9.17) is 16.3 Å². The first-order valence-corrected chi connectivity index (χ1v) is 8.69. The minimum atomic E-state index is -3.39. The number of hydrogen-bond donors (Lipinski definition) is 1. The van der Waals surface area contributed by atoms with Crippen LogP contribution in [0.4, 0.5) is 0 Å². The van der Waals surface area contributed by atoms with Crippen LogP contribution >= 0.6 is 11.6 Å². The Morgan fingerprint density at radius 2 is 2.05 bits per heavy atom. The van der Waals surface area contributed by atoms with Gasteiger partial charge >= 0.3 is 0 Å². The molecule has 0 saturated heterocycles. The number of nitrogens with one attached hydrogen (secondary N) is 1. The van der Waals surface area contributed by atoms with Crippen LogP contribution in [0.1, 0.15) is 20.3 Å². The van der Waals surface area contributed by atoms with Crippen LogP contribution in [0.15, 0.2) is 29.2 Å². The van der Waals surface area contributed by atoms with E-state index in [-0.39, 0.29) is 9.92 Å². The molecule has 20 heavy (non-hydrogen) atoms. The summed E-state index contributed by atoms with van der Waals surface area (Å²) in [6.07, 6.45) is 0.868. The summed E-state index contributed by atoms with van der Waals surface area (Å²) in [5.74, 6) is 0. The van der Waals surface area contributed by atoms with Gasteiger partial charge in [-0.3, -0.25) is 0 Å². The van der Waals surface area contributed by atoms with Crippen LogP contribution in [0.25, 0.3) is 0 Å². The Morgan fingerprint density at radius 1 is 1.35 bits per heavy atom. The van der Waals surface area contributed by atoms with Crippen molar-refractivity contribution in [3.8, 4) is 0 Å². The maximum Gasteiger partial charge on any atom is 0.183 e. The second-order valence-corrected chi connectivity index (χ2v) is 7.28. The number of ether oxygens (including phenoxy) is 1. The van der Waals surface area contributed by atoms with Crippen LogP contribution in [-0.4, -0.2) is 40.0 Å². The molecule has 0 radical (unpaired) electrons. The molecule has 0 bridgehead atoms. The van der Waals surface area contributed by atoms with Crippen molar-refractivity contribution in [2.45, 2.75) is 30.4 Å². The number of halogens is 1. The molecule has 4 nitrogen and oxygen atoms in total. The lowest BCUT2D eigenvalue weighted by molar-refractivity contribution is 0.145. The van der Waals surface area contributed by atoms with E-state index in [9.17, 15) is 8.42 Å². The molecule has 1 N–H and O–H groups in total. The summed E-state index contributed by atoms with van der Waals surface area (Å²) < 4.78 is 30.0. The fourth-order valence-corrected chi connectivity index (χ4v) is 3.59. The van der Waals surface area contributed by atoms with Crippen molar-refractivity contribution in [3.05, 3.63) is 29.3 Å². The molecule has 0 aliphatic carbocycles. The van der Waals surface area contributed by atoms with Crippen molar-refractivity contribution in [2.24, 2.45) is 0 Å². The van der Waals surface area contributed by atoms with Crippen LogP contribution in [0.2, 0.25) is 5.02 Å². The zero-order valence-electron chi connectivity index (χ0n) is 11.9. The molecule has 0 aromatic heterocycles. The second kappa shape index (κ2) is 8.62. The Kier molecular flexibility index (Phi) is 7.51. The van der Waals surface area contributed by atoms with Crippen LogP contribution in [-0.2, 0) is 14.6 Å². The third-order valence-electron chi connectivity index (χ3n) is 2.95. The molecule has 0 saturated carbocycles. The third-order valence-corrected chi connectivity index (χ3v) is 5.59. The Bertz CT molecular complexity index is 505. The molecule has 0 aliphatic rings. The average Bonchev–Trinajstić information content (AvgIpc) is 2.42. The highest BCUT2D eigenvalue weighted by molar-refractivity contribution is 7.92. The van der Waals surface area contributed by atoms with E-state index < -0.39 is 15.1 Å². The largest absolute Gasteiger partial charge is 0.382 e. The molecule has 1 rings (SSSR count). The quantitative estimate of drug-likeness (QED) is 0.711. The van der Waals surface area contributed by atoms with Gasteiger partial charge in [0.1, 0.15) is 0 Å². The molecule has 0 spiro atoms. The summed E-state index contributed by atoms with van der Waals surface area (Å²) in [6, 6.07) is 6.54. The van der Waals surface area contributed by atoms with E-state index in [1.807, 2.05) is 6.92 Å². The molecule has 1 atom stereocenters. The second-order valence-electron chi connectivity index (χ2n) is 4.54. The van der Waals surface area contributed by atoms with Crippen molar-refractivity contribution in [1.29, 1.82) is 0 Å². The van der Waals surface area contributed by atoms with E-state index >= 15 is 0 Å². The molecule has 1 unspecified atom stereocenters. The first-order chi connectivity index (χ1) is 9.50. The van der Waals surface area contributed by atoms with Crippen LogP contribution in [0.5, 0.6) is 0 Å². The normalized spacial score (nSPS) is 13.3. The lowest BCUT2D eigenvalue weighted by Crippen LogP contribution is -2.32. The lowest BCUT2D eigenvalue weighted by Gasteiger charge is -2.15. The molecular weight excluding hydrogens is 298 g/mol. The van der Waals surface area contributed by atoms with Crippen molar-refractivity contribution in [1.82, 2.24) is 5.32 Å². The first-order valence-electron chi connectivity index (χ1n) is 6.77. The molecular formula is C14H22ClNO3S. The van der Waals surface area contributed by atoms with Gasteiger partial charge in [-0.15, -0.1) is 0 Å². The maximum atomic E-state index is 12.4. The molecule has 0 heterocycles. The molecule has 6 heteroatoms. The Morgan fingerprint density at radius 3 is 2.70 bits per heavy atom. The number of rotatable bonds is 9. The van der Waals surface area contributed by atoms with Gasteiger partial charge in [-0.1, -0.05) is 23.7 Å². The summed E-state index contributed by atoms with van der Waals surface area (Å²) in [5.41, 5.74) is 0. The van der Waals surface area contributed by atoms with Crippen LogP contribution < -0.4 is 5.32 Å². The summed E-state index contributed by atoms with van der Waals surface area (Å²) in [5, 5.41) is 2.89. The predicted molar refractivity (Wildman–Crippen MR) is 82.1 cm³/mol. The highest BCUT2D eigenvalue weighted by Crippen LogP contribution is 2.24. The standard InChI is InChI=1S/C14H22ClNO3S/c1-3-19-10-6-9-16-11-12(2)20(17,18)14-8-5-4-7-13(14)15/h4-5,7-8,12,16H,3,6,9-11H2,1-2H3. The monoisotopic (exact) mass is 319 g/mol. The van der Waals surface area contributed by atoms with Gasteiger partial charge in [-0.25, -0.2) is 8.42 Å². The number of benzene rings is 1. The van der Waals surface area contributed by atoms with E-state index in [1.54, 1.807) is 31.2 Å². The van der Waals surface area contributed by atoms with E-state index in [1.165, 1.54) is 0 Å². The molecule has 0 fully saturated rings. The topological polar surface area (TPSA) is 55.4 Å². The maximum absolute atomic E-state index is 12.4. The van der Waals surface area contributed by atoms with Gasteiger partial charge in [0.15, 0.2) is 9.84 Å². The summed E-state index contributed by atoms with van der Waals surface area (Å²) in [4.78, 5) is 0.199. The SMILES string of the molecule is CCOCCCNCC(C)S(=O)(=O)c1ccccc1Cl. The van der Waals surface area contributed by atoms with Crippen molar-refractivity contribution in [3.63, 3.8) is 0 Å². The first kappa shape index (κ1) is 17.4. The Hall–Kier alpha value is -0.620. The molecule has 0 aliphatic heterocycles. The van der Waals surface area contributed by atoms with Gasteiger partial charge in [0.05, 0.1) is 15.2 Å².